The van der Waals surface area contributed by atoms with Crippen molar-refractivity contribution in [2.75, 3.05) is 38.1 Å². The molecule has 2 aliphatic rings. The third-order valence-corrected chi connectivity index (χ3v) is 5.39. The van der Waals surface area contributed by atoms with Gasteiger partial charge < -0.3 is 20.3 Å². The molecule has 2 aromatic rings. The highest BCUT2D eigenvalue weighted by molar-refractivity contribution is 6.02. The zero-order chi connectivity index (χ0) is 20.2. The van der Waals surface area contributed by atoms with Crippen molar-refractivity contribution < 1.29 is 9.53 Å². The molecule has 8 nitrogen and oxygen atoms in total. The highest BCUT2D eigenvalue weighted by atomic mass is 16.5. The average Bonchev–Trinajstić information content (AvgIpc) is 3.30. The summed E-state index contributed by atoms with van der Waals surface area (Å²) in [5, 5.41) is 10.6. The molecule has 8 heteroatoms. The number of amides is 1. The topological polar surface area (TPSA) is 83.8 Å². The number of hydrogen-bond donors (Lipinski definition) is 2. The predicted molar refractivity (Wildman–Crippen MR) is 112 cm³/mol. The van der Waals surface area contributed by atoms with Crippen molar-refractivity contribution in [3.05, 3.63) is 47.8 Å². The van der Waals surface area contributed by atoms with E-state index in [1.807, 2.05) is 43.7 Å². The molecular weight excluding hydrogens is 368 g/mol. The Balaban J connectivity index is 1.42. The molecule has 0 saturated carbocycles. The Kier molecular flexibility index (Phi) is 5.80. The number of fused-ring (bicyclic) bond motifs is 1. The van der Waals surface area contributed by atoms with Gasteiger partial charge in [-0.05, 0) is 25.0 Å². The number of aryl methyl sites for hydroxylation is 1. The van der Waals surface area contributed by atoms with Gasteiger partial charge in [0.1, 0.15) is 6.10 Å². The molecule has 29 heavy (non-hydrogen) atoms. The highest BCUT2D eigenvalue weighted by Crippen LogP contribution is 2.34. The number of para-hydroxylation sites is 1. The number of nitrogens with zero attached hydrogens (tertiary/aromatic N) is 4. The minimum absolute atomic E-state index is 0.0196. The van der Waals surface area contributed by atoms with Crippen molar-refractivity contribution >= 4 is 17.6 Å². The van der Waals surface area contributed by atoms with Gasteiger partial charge in [0.15, 0.2) is 5.96 Å². The van der Waals surface area contributed by atoms with Crippen LogP contribution >= 0.6 is 0 Å². The normalized spacial score (nSPS) is 21.8. The zero-order valence-electron chi connectivity index (χ0n) is 17.0. The minimum atomic E-state index is -0.134. The first-order chi connectivity index (χ1) is 14.2. The molecule has 2 aliphatic heterocycles. The van der Waals surface area contributed by atoms with E-state index >= 15 is 0 Å². The molecule has 1 aromatic heterocycles. The van der Waals surface area contributed by atoms with E-state index < -0.39 is 0 Å². The molecule has 1 amide bonds. The number of carbonyl (C=O) groups is 1. The Bertz CT molecular complexity index is 893. The first kappa shape index (κ1) is 19.4. The lowest BCUT2D eigenvalue weighted by atomic mass is 9.97. The fourth-order valence-corrected chi connectivity index (χ4v) is 3.94. The predicted octanol–water partition coefficient (Wildman–Crippen LogP) is 1.88. The van der Waals surface area contributed by atoms with Crippen molar-refractivity contribution in [3.8, 4) is 0 Å². The van der Waals surface area contributed by atoms with E-state index in [1.54, 1.807) is 4.68 Å². The number of anilines is 1. The first-order valence-corrected chi connectivity index (χ1v) is 10.2. The summed E-state index contributed by atoms with van der Waals surface area (Å²) in [5.41, 5.74) is 3.07. The summed E-state index contributed by atoms with van der Waals surface area (Å²) in [4.78, 5) is 19.4. The number of aliphatic imine (C=N–C) groups is 1. The van der Waals surface area contributed by atoms with Crippen LogP contribution in [-0.2, 0) is 16.6 Å². The monoisotopic (exact) mass is 396 g/mol. The molecule has 4 rings (SSSR count). The fourth-order valence-electron chi connectivity index (χ4n) is 3.94. The van der Waals surface area contributed by atoms with Crippen LogP contribution in [0.25, 0.3) is 0 Å². The van der Waals surface area contributed by atoms with Crippen molar-refractivity contribution in [3.63, 3.8) is 0 Å². The van der Waals surface area contributed by atoms with Crippen LogP contribution in [0.1, 0.15) is 36.5 Å². The molecule has 1 aromatic carbocycles. The van der Waals surface area contributed by atoms with Gasteiger partial charge in [0, 0.05) is 44.1 Å². The molecular formula is C21H28N6O2. The number of aromatic nitrogens is 2. The Hall–Kier alpha value is -2.87. The summed E-state index contributed by atoms with van der Waals surface area (Å²) in [7, 11) is 1.91. The molecule has 2 unspecified atom stereocenters. The molecule has 154 valence electrons. The van der Waals surface area contributed by atoms with Gasteiger partial charge in [-0.2, -0.15) is 5.10 Å². The van der Waals surface area contributed by atoms with Gasteiger partial charge in [-0.15, -0.1) is 0 Å². The molecule has 0 radical (unpaired) electrons. The smallest absolute Gasteiger partial charge is 0.232 e. The molecule has 3 heterocycles. The molecule has 0 aliphatic carbocycles. The maximum Gasteiger partial charge on any atom is 0.232 e. The number of hydrogen-bond acceptors (Lipinski definition) is 4. The summed E-state index contributed by atoms with van der Waals surface area (Å²) in [6.07, 6.45) is 4.52. The van der Waals surface area contributed by atoms with Gasteiger partial charge in [-0.25, -0.2) is 0 Å². The second-order valence-electron chi connectivity index (χ2n) is 7.41. The summed E-state index contributed by atoms with van der Waals surface area (Å²) < 4.78 is 7.74. The van der Waals surface area contributed by atoms with E-state index in [4.69, 9.17) is 9.73 Å². The Morgan fingerprint density at radius 3 is 3.07 bits per heavy atom. The van der Waals surface area contributed by atoms with E-state index in [2.05, 4.69) is 27.6 Å². The van der Waals surface area contributed by atoms with Gasteiger partial charge >= 0.3 is 0 Å². The van der Waals surface area contributed by atoms with Crippen molar-refractivity contribution in [2.24, 2.45) is 12.0 Å². The van der Waals surface area contributed by atoms with Crippen LogP contribution in [-0.4, -0.2) is 59.3 Å². The number of guanidine groups is 1. The minimum Gasteiger partial charge on any atom is -0.370 e. The summed E-state index contributed by atoms with van der Waals surface area (Å²) in [5.74, 6) is 0.802. The summed E-state index contributed by atoms with van der Waals surface area (Å²) in [6.45, 7) is 5.60. The van der Waals surface area contributed by atoms with Crippen LogP contribution < -0.4 is 10.6 Å². The molecule has 2 atom stereocenters. The summed E-state index contributed by atoms with van der Waals surface area (Å²) in [6, 6.07) is 7.89. The van der Waals surface area contributed by atoms with E-state index in [1.165, 1.54) is 0 Å². The second-order valence-corrected chi connectivity index (χ2v) is 7.41. The Morgan fingerprint density at radius 1 is 1.41 bits per heavy atom. The lowest BCUT2D eigenvalue weighted by Gasteiger charge is -2.34. The lowest BCUT2D eigenvalue weighted by Crippen LogP contribution is -2.48. The van der Waals surface area contributed by atoms with E-state index in [0.717, 1.165) is 42.4 Å². The number of ether oxygens (including phenoxy) is 1. The second kappa shape index (κ2) is 8.65. The third kappa shape index (κ3) is 4.27. The van der Waals surface area contributed by atoms with Crippen LogP contribution in [0.5, 0.6) is 0 Å². The van der Waals surface area contributed by atoms with E-state index in [-0.39, 0.29) is 17.9 Å². The lowest BCUT2D eigenvalue weighted by molar-refractivity contribution is -0.117. The van der Waals surface area contributed by atoms with Crippen LogP contribution in [0.4, 0.5) is 5.69 Å². The van der Waals surface area contributed by atoms with Gasteiger partial charge in [-0.3, -0.25) is 14.5 Å². The van der Waals surface area contributed by atoms with Crippen LogP contribution in [0.15, 0.2) is 41.7 Å². The van der Waals surface area contributed by atoms with Crippen LogP contribution in [0.2, 0.25) is 0 Å². The van der Waals surface area contributed by atoms with Crippen molar-refractivity contribution in [2.45, 2.75) is 25.4 Å². The maximum absolute atomic E-state index is 12.3. The standard InChI is InChI=1S/C21H28N6O2/c1-3-22-21(27-10-11-29-19(14-27)15-12-24-26(2)13-15)23-9-8-17-16-6-4-5-7-18(16)25-20(17)28/h4-7,12-13,17,19H,3,8-11,14H2,1-2H3,(H,22,23)(H,25,28). The van der Waals surface area contributed by atoms with Crippen LogP contribution in [0, 0.1) is 0 Å². The molecule has 0 bridgehead atoms. The van der Waals surface area contributed by atoms with Gasteiger partial charge in [0.05, 0.1) is 25.3 Å². The summed E-state index contributed by atoms with van der Waals surface area (Å²) >= 11 is 0. The maximum atomic E-state index is 12.3. The zero-order valence-corrected chi connectivity index (χ0v) is 17.0. The number of rotatable bonds is 5. The Morgan fingerprint density at radius 2 is 2.28 bits per heavy atom. The number of carbonyl (C=O) groups excluding carboxylic acids is 1. The van der Waals surface area contributed by atoms with Crippen molar-refractivity contribution in [1.82, 2.24) is 20.0 Å². The highest BCUT2D eigenvalue weighted by Gasteiger charge is 2.30. The van der Waals surface area contributed by atoms with Crippen molar-refractivity contribution in [1.29, 1.82) is 0 Å². The molecule has 2 N–H and O–H groups in total. The van der Waals surface area contributed by atoms with Crippen LogP contribution in [0.3, 0.4) is 0 Å². The first-order valence-electron chi connectivity index (χ1n) is 10.2. The number of nitrogens with one attached hydrogen (secondary N) is 2. The fraction of sp³-hybridized carbons (Fsp3) is 0.476. The van der Waals surface area contributed by atoms with Gasteiger partial charge in [-0.1, -0.05) is 18.2 Å². The third-order valence-electron chi connectivity index (χ3n) is 5.39. The molecule has 1 fully saturated rings. The quantitative estimate of drug-likeness (QED) is 0.596. The van der Waals surface area contributed by atoms with E-state index in [9.17, 15) is 4.79 Å². The van der Waals surface area contributed by atoms with Gasteiger partial charge in [0.2, 0.25) is 5.91 Å². The number of morpholine rings is 1. The average molecular weight is 396 g/mol. The molecule has 1 saturated heterocycles. The Labute approximate surface area is 170 Å². The van der Waals surface area contributed by atoms with E-state index in [0.29, 0.717) is 19.6 Å². The van der Waals surface area contributed by atoms with Gasteiger partial charge in [0.25, 0.3) is 0 Å². The number of benzene rings is 1. The largest absolute Gasteiger partial charge is 0.370 e. The molecule has 0 spiro atoms. The SMILES string of the molecule is CCNC(=NCCC1C(=O)Nc2ccccc21)N1CCOC(c2cnn(C)c2)C1.